The Morgan fingerprint density at radius 2 is 2.06 bits per heavy atom. The van der Waals surface area contributed by atoms with E-state index in [4.69, 9.17) is 20.6 Å². The molecule has 6 N–H and O–H groups in total. The van der Waals surface area contributed by atoms with E-state index in [1.807, 2.05) is 44.3 Å². The SMILES string of the molecule is CCC(C)c1nc2c(CCCN=C(N)N)nc(-c3c[nH]c4ccccc34)cn2c1OS(=O)(=O)O. The summed E-state index contributed by atoms with van der Waals surface area (Å²) in [7, 11) is -4.78. The first-order chi connectivity index (χ1) is 16.2. The molecule has 1 aromatic carbocycles. The predicted octanol–water partition coefficient (Wildman–Crippen LogP) is 2.78. The fraction of sp³-hybridized carbons (Fsp3) is 0.318. The number of nitrogens with one attached hydrogen (secondary N) is 1. The summed E-state index contributed by atoms with van der Waals surface area (Å²) in [5.41, 5.74) is 14.7. The minimum absolute atomic E-state index is 0.00866. The van der Waals surface area contributed by atoms with E-state index in [1.165, 1.54) is 4.40 Å². The van der Waals surface area contributed by atoms with Crippen molar-refractivity contribution < 1.29 is 17.2 Å². The second-order valence-electron chi connectivity index (χ2n) is 8.05. The number of rotatable bonds is 9. The van der Waals surface area contributed by atoms with E-state index in [2.05, 4.69) is 15.0 Å². The number of hydrogen-bond acceptors (Lipinski definition) is 6. The monoisotopic (exact) mass is 485 g/mol. The van der Waals surface area contributed by atoms with E-state index >= 15 is 0 Å². The van der Waals surface area contributed by atoms with E-state index < -0.39 is 10.4 Å². The summed E-state index contributed by atoms with van der Waals surface area (Å²) in [6, 6.07) is 7.79. The smallest absolute Gasteiger partial charge is 0.370 e. The van der Waals surface area contributed by atoms with Gasteiger partial charge in [0.1, 0.15) is 5.69 Å². The van der Waals surface area contributed by atoms with Crippen molar-refractivity contribution in [3.8, 4) is 17.1 Å². The van der Waals surface area contributed by atoms with Crippen LogP contribution < -0.4 is 15.7 Å². The zero-order valence-corrected chi connectivity index (χ0v) is 19.7. The van der Waals surface area contributed by atoms with Gasteiger partial charge in [-0.2, -0.15) is 8.42 Å². The lowest BCUT2D eigenvalue weighted by Crippen LogP contribution is -2.23. The molecule has 0 bridgehead atoms. The summed E-state index contributed by atoms with van der Waals surface area (Å²) in [4.78, 5) is 16.8. The van der Waals surface area contributed by atoms with Gasteiger partial charge in [0.25, 0.3) is 0 Å². The highest BCUT2D eigenvalue weighted by Crippen LogP contribution is 2.34. The lowest BCUT2D eigenvalue weighted by Gasteiger charge is -2.10. The van der Waals surface area contributed by atoms with Crippen LogP contribution in [-0.4, -0.2) is 44.8 Å². The van der Waals surface area contributed by atoms with E-state index in [1.54, 1.807) is 6.20 Å². The van der Waals surface area contributed by atoms with Crippen LogP contribution in [0, 0.1) is 0 Å². The van der Waals surface area contributed by atoms with Crippen LogP contribution in [0.2, 0.25) is 0 Å². The van der Waals surface area contributed by atoms with Crippen molar-refractivity contribution in [2.45, 2.75) is 39.0 Å². The zero-order chi connectivity index (χ0) is 24.5. The van der Waals surface area contributed by atoms with Gasteiger partial charge in [0.15, 0.2) is 11.6 Å². The van der Waals surface area contributed by atoms with E-state index in [0.29, 0.717) is 48.5 Å². The van der Waals surface area contributed by atoms with E-state index in [9.17, 15) is 13.0 Å². The highest BCUT2D eigenvalue weighted by Gasteiger charge is 2.25. The Kier molecular flexibility index (Phi) is 6.44. The molecule has 11 nitrogen and oxygen atoms in total. The van der Waals surface area contributed by atoms with Crippen LogP contribution in [0.3, 0.4) is 0 Å². The first-order valence-electron chi connectivity index (χ1n) is 10.9. The molecule has 0 aliphatic carbocycles. The summed E-state index contributed by atoms with van der Waals surface area (Å²) < 4.78 is 39.4. The molecule has 4 aromatic rings. The Morgan fingerprint density at radius 1 is 1.29 bits per heavy atom. The lowest BCUT2D eigenvalue weighted by atomic mass is 10.1. The van der Waals surface area contributed by atoms with Crippen molar-refractivity contribution in [3.63, 3.8) is 0 Å². The maximum Gasteiger partial charge on any atom is 0.448 e. The summed E-state index contributed by atoms with van der Waals surface area (Å²) in [6.45, 7) is 4.27. The van der Waals surface area contributed by atoms with Crippen LogP contribution in [0.15, 0.2) is 41.7 Å². The normalized spacial score (nSPS) is 12.8. The first kappa shape index (κ1) is 23.5. The predicted molar refractivity (Wildman–Crippen MR) is 130 cm³/mol. The molecular weight excluding hydrogens is 458 g/mol. The molecule has 1 unspecified atom stereocenters. The van der Waals surface area contributed by atoms with Crippen LogP contribution in [0.5, 0.6) is 5.88 Å². The average Bonchev–Trinajstić information content (AvgIpc) is 3.37. The Balaban J connectivity index is 1.94. The number of imidazole rings is 1. The third-order valence-electron chi connectivity index (χ3n) is 5.65. The largest absolute Gasteiger partial charge is 0.448 e. The van der Waals surface area contributed by atoms with E-state index in [-0.39, 0.29) is 17.8 Å². The summed E-state index contributed by atoms with van der Waals surface area (Å²) in [6.07, 6.45) is 5.28. The van der Waals surface area contributed by atoms with Crippen molar-refractivity contribution in [1.29, 1.82) is 0 Å². The molecule has 0 aliphatic rings. The second-order valence-corrected chi connectivity index (χ2v) is 9.07. The van der Waals surface area contributed by atoms with Crippen molar-refractivity contribution in [2.24, 2.45) is 16.5 Å². The molecule has 3 heterocycles. The van der Waals surface area contributed by atoms with Gasteiger partial charge in [0, 0.05) is 41.3 Å². The zero-order valence-electron chi connectivity index (χ0n) is 18.9. The highest BCUT2D eigenvalue weighted by molar-refractivity contribution is 7.81. The fourth-order valence-corrected chi connectivity index (χ4v) is 4.20. The minimum Gasteiger partial charge on any atom is -0.370 e. The highest BCUT2D eigenvalue weighted by atomic mass is 32.3. The van der Waals surface area contributed by atoms with Crippen LogP contribution in [0.1, 0.15) is 44.0 Å². The molecule has 180 valence electrons. The number of aromatic amines is 1. The third kappa shape index (κ3) is 4.82. The Labute approximate surface area is 196 Å². The maximum atomic E-state index is 11.7. The number of guanidine groups is 1. The molecule has 0 saturated carbocycles. The van der Waals surface area contributed by atoms with Gasteiger partial charge in [0.05, 0.1) is 11.4 Å². The Hall–Kier alpha value is -3.64. The van der Waals surface area contributed by atoms with Gasteiger partial charge in [-0.25, -0.2) is 9.97 Å². The molecule has 4 rings (SSSR count). The number of para-hydroxylation sites is 1. The number of aryl methyl sites for hydroxylation is 1. The van der Waals surface area contributed by atoms with Gasteiger partial charge in [0.2, 0.25) is 5.88 Å². The molecule has 0 aliphatic heterocycles. The summed E-state index contributed by atoms with van der Waals surface area (Å²) in [5, 5.41) is 0.959. The number of hydrogen-bond donors (Lipinski definition) is 4. The van der Waals surface area contributed by atoms with Gasteiger partial charge < -0.3 is 20.6 Å². The molecule has 0 fully saturated rings. The van der Waals surface area contributed by atoms with Crippen molar-refractivity contribution in [1.82, 2.24) is 19.4 Å². The van der Waals surface area contributed by atoms with Crippen LogP contribution in [0.25, 0.3) is 27.8 Å². The number of aromatic nitrogens is 4. The number of nitrogens with zero attached hydrogens (tertiary/aromatic N) is 4. The van der Waals surface area contributed by atoms with Gasteiger partial charge in [-0.15, -0.1) is 0 Å². The number of fused-ring (bicyclic) bond motifs is 2. The van der Waals surface area contributed by atoms with Crippen molar-refractivity contribution in [2.75, 3.05) is 6.54 Å². The average molecular weight is 486 g/mol. The maximum absolute atomic E-state index is 11.7. The first-order valence-corrected chi connectivity index (χ1v) is 12.2. The molecule has 34 heavy (non-hydrogen) atoms. The molecule has 1 atom stereocenters. The minimum atomic E-state index is -4.78. The Bertz CT molecular complexity index is 1470. The molecule has 0 saturated heterocycles. The van der Waals surface area contributed by atoms with Gasteiger partial charge in [-0.1, -0.05) is 32.0 Å². The molecule has 12 heteroatoms. The number of nitrogens with two attached hydrogens (primary N) is 2. The van der Waals surface area contributed by atoms with Gasteiger partial charge in [-0.3, -0.25) is 13.9 Å². The van der Waals surface area contributed by atoms with Crippen LogP contribution in [0.4, 0.5) is 0 Å². The summed E-state index contributed by atoms with van der Waals surface area (Å²) in [5.74, 6) is -0.169. The third-order valence-corrected chi connectivity index (χ3v) is 6.02. The second kappa shape index (κ2) is 9.31. The number of aliphatic imine (C=N–C) groups is 1. The van der Waals surface area contributed by atoms with Crippen molar-refractivity contribution >= 4 is 32.9 Å². The Morgan fingerprint density at radius 3 is 2.76 bits per heavy atom. The molecule has 3 aromatic heterocycles. The lowest BCUT2D eigenvalue weighted by molar-refractivity contribution is 0.376. The topological polar surface area (TPSA) is 174 Å². The molecule has 0 amide bonds. The van der Waals surface area contributed by atoms with E-state index in [0.717, 1.165) is 16.5 Å². The van der Waals surface area contributed by atoms with Gasteiger partial charge >= 0.3 is 10.4 Å². The van der Waals surface area contributed by atoms with Crippen LogP contribution in [-0.2, 0) is 16.8 Å². The van der Waals surface area contributed by atoms with Crippen LogP contribution >= 0.6 is 0 Å². The number of H-pyrrole nitrogens is 1. The number of benzene rings is 1. The van der Waals surface area contributed by atoms with Crippen molar-refractivity contribution in [3.05, 3.63) is 48.0 Å². The van der Waals surface area contributed by atoms with Gasteiger partial charge in [-0.05, 0) is 25.3 Å². The fourth-order valence-electron chi connectivity index (χ4n) is 3.84. The molecular formula is C22H27N7O4S. The quantitative estimate of drug-likeness (QED) is 0.121. The molecule has 0 radical (unpaired) electrons. The molecule has 0 spiro atoms. The summed E-state index contributed by atoms with van der Waals surface area (Å²) >= 11 is 0. The standard InChI is InChI=1S/C22H27N7O4S/c1-3-13(2)19-21(33-34(30,31)32)29-12-18(15-11-26-16-8-5-4-7-14(15)16)27-17(20(29)28-19)9-6-10-25-22(23)24/h4-5,7-8,11-13,26H,3,6,9-10H2,1-2H3,(H4,23,24,25)(H,30,31,32).